The van der Waals surface area contributed by atoms with Gasteiger partial charge in [-0.2, -0.15) is 11.8 Å². The van der Waals surface area contributed by atoms with Crippen LogP contribution in [0.15, 0.2) is 0 Å². The Bertz CT molecular complexity index is 240. The first-order valence-corrected chi connectivity index (χ1v) is 6.86. The van der Waals surface area contributed by atoms with E-state index in [0.717, 1.165) is 12.3 Å². The molecule has 0 saturated carbocycles. The van der Waals surface area contributed by atoms with Gasteiger partial charge in [0.1, 0.15) is 0 Å². The first kappa shape index (κ1) is 12.8. The molecule has 0 bridgehead atoms. The average Bonchev–Trinajstić information content (AvgIpc) is 2.67. The maximum absolute atomic E-state index is 11.7. The molecular formula is C10H18N2OS2. The summed E-state index contributed by atoms with van der Waals surface area (Å²) in [5, 5.41) is 2.94. The van der Waals surface area contributed by atoms with Crippen LogP contribution in [0, 0.1) is 11.8 Å². The zero-order chi connectivity index (χ0) is 11.3. The topological polar surface area (TPSA) is 55.1 Å². The molecule has 1 saturated heterocycles. The van der Waals surface area contributed by atoms with Gasteiger partial charge >= 0.3 is 0 Å². The van der Waals surface area contributed by atoms with E-state index in [1.54, 1.807) is 0 Å². The fraction of sp³-hybridized carbons (Fsp3) is 0.800. The van der Waals surface area contributed by atoms with Gasteiger partial charge in [-0.15, -0.1) is 0 Å². The predicted octanol–water partition coefficient (Wildman–Crippen LogP) is 1.17. The minimum atomic E-state index is -0.297. The second-order valence-corrected chi connectivity index (χ2v) is 5.46. The van der Waals surface area contributed by atoms with Gasteiger partial charge in [-0.3, -0.25) is 4.79 Å². The molecule has 86 valence electrons. The van der Waals surface area contributed by atoms with Crippen LogP contribution in [-0.2, 0) is 4.79 Å². The Labute approximate surface area is 101 Å². The van der Waals surface area contributed by atoms with Crippen molar-refractivity contribution >= 4 is 34.9 Å². The van der Waals surface area contributed by atoms with Crippen LogP contribution in [-0.4, -0.2) is 28.9 Å². The van der Waals surface area contributed by atoms with Crippen LogP contribution in [0.2, 0.25) is 0 Å². The molecule has 0 aromatic rings. The number of thiocarbonyl (C=S) groups is 1. The summed E-state index contributed by atoms with van der Waals surface area (Å²) < 4.78 is 0. The standard InChI is InChI=1S/C10H18N2OS2/c1-2-8(9(11)14)10(13)12-5-7-3-4-15-6-7/h7-8H,2-6H2,1H3,(H2,11,14)(H,12,13). The fourth-order valence-electron chi connectivity index (χ4n) is 1.63. The number of nitrogens with two attached hydrogens (primary N) is 1. The smallest absolute Gasteiger partial charge is 0.229 e. The van der Waals surface area contributed by atoms with Crippen molar-refractivity contribution in [1.29, 1.82) is 0 Å². The van der Waals surface area contributed by atoms with Gasteiger partial charge in [-0.25, -0.2) is 0 Å². The van der Waals surface area contributed by atoms with Crippen molar-refractivity contribution < 1.29 is 4.79 Å². The molecule has 15 heavy (non-hydrogen) atoms. The quantitative estimate of drug-likeness (QED) is 0.715. The van der Waals surface area contributed by atoms with Gasteiger partial charge in [0.2, 0.25) is 5.91 Å². The van der Waals surface area contributed by atoms with E-state index in [-0.39, 0.29) is 11.8 Å². The highest BCUT2D eigenvalue weighted by molar-refractivity contribution is 7.99. The minimum Gasteiger partial charge on any atom is -0.393 e. The predicted molar refractivity (Wildman–Crippen MR) is 69.0 cm³/mol. The third kappa shape index (κ3) is 3.99. The maximum Gasteiger partial charge on any atom is 0.229 e. The molecule has 5 heteroatoms. The van der Waals surface area contributed by atoms with E-state index in [9.17, 15) is 4.79 Å². The summed E-state index contributed by atoms with van der Waals surface area (Å²) in [7, 11) is 0. The molecule has 2 unspecified atom stereocenters. The summed E-state index contributed by atoms with van der Waals surface area (Å²) in [6.45, 7) is 2.69. The second-order valence-electron chi connectivity index (χ2n) is 3.84. The van der Waals surface area contributed by atoms with Crippen molar-refractivity contribution in [3.05, 3.63) is 0 Å². The molecule has 1 fully saturated rings. The van der Waals surface area contributed by atoms with Gasteiger partial charge in [0.25, 0.3) is 0 Å². The van der Waals surface area contributed by atoms with Crippen LogP contribution < -0.4 is 11.1 Å². The molecule has 3 nitrogen and oxygen atoms in total. The number of thioether (sulfide) groups is 1. The van der Waals surface area contributed by atoms with Crippen molar-refractivity contribution in [2.45, 2.75) is 19.8 Å². The van der Waals surface area contributed by atoms with E-state index in [1.807, 2.05) is 18.7 Å². The van der Waals surface area contributed by atoms with Gasteiger partial charge in [0.05, 0.1) is 10.9 Å². The Hall–Kier alpha value is -0.290. The van der Waals surface area contributed by atoms with Crippen LogP contribution in [0.5, 0.6) is 0 Å². The molecule has 0 aromatic carbocycles. The molecule has 0 radical (unpaired) electrons. The fourth-order valence-corrected chi connectivity index (χ4v) is 3.19. The van der Waals surface area contributed by atoms with E-state index in [2.05, 4.69) is 5.32 Å². The molecular weight excluding hydrogens is 228 g/mol. The number of amides is 1. The van der Waals surface area contributed by atoms with Crippen molar-refractivity contribution in [3.8, 4) is 0 Å². The van der Waals surface area contributed by atoms with E-state index in [0.29, 0.717) is 17.3 Å². The third-order valence-corrected chi connectivity index (χ3v) is 4.17. The first-order chi connectivity index (χ1) is 7.15. The number of carbonyl (C=O) groups is 1. The molecule has 0 aromatic heterocycles. The molecule has 1 rings (SSSR count). The van der Waals surface area contributed by atoms with Gasteiger partial charge in [-0.05, 0) is 30.3 Å². The average molecular weight is 246 g/mol. The van der Waals surface area contributed by atoms with Crippen LogP contribution in [0.1, 0.15) is 19.8 Å². The Balaban J connectivity index is 2.30. The third-order valence-electron chi connectivity index (χ3n) is 2.66. The molecule has 2 atom stereocenters. The highest BCUT2D eigenvalue weighted by Crippen LogP contribution is 2.22. The van der Waals surface area contributed by atoms with Crippen molar-refractivity contribution in [2.75, 3.05) is 18.1 Å². The van der Waals surface area contributed by atoms with Crippen molar-refractivity contribution in [3.63, 3.8) is 0 Å². The number of carbonyl (C=O) groups excluding carboxylic acids is 1. The lowest BCUT2D eigenvalue weighted by Crippen LogP contribution is -2.39. The van der Waals surface area contributed by atoms with E-state index in [4.69, 9.17) is 18.0 Å². The number of hydrogen-bond donors (Lipinski definition) is 2. The van der Waals surface area contributed by atoms with Gasteiger partial charge in [0, 0.05) is 6.54 Å². The largest absolute Gasteiger partial charge is 0.393 e. The van der Waals surface area contributed by atoms with E-state index < -0.39 is 0 Å². The lowest BCUT2D eigenvalue weighted by atomic mass is 10.0. The Morgan fingerprint density at radius 3 is 2.93 bits per heavy atom. The zero-order valence-corrected chi connectivity index (χ0v) is 10.6. The van der Waals surface area contributed by atoms with Gasteiger partial charge in [0.15, 0.2) is 0 Å². The molecule has 1 amide bonds. The summed E-state index contributed by atoms with van der Waals surface area (Å²) >= 11 is 6.81. The highest BCUT2D eigenvalue weighted by Gasteiger charge is 2.21. The summed E-state index contributed by atoms with van der Waals surface area (Å²) in [5.41, 5.74) is 5.50. The highest BCUT2D eigenvalue weighted by atomic mass is 32.2. The zero-order valence-electron chi connectivity index (χ0n) is 8.99. The lowest BCUT2D eigenvalue weighted by molar-refractivity contribution is -0.123. The minimum absolute atomic E-state index is 0.0121. The lowest BCUT2D eigenvalue weighted by Gasteiger charge is -2.15. The molecule has 3 N–H and O–H groups in total. The van der Waals surface area contributed by atoms with Gasteiger partial charge in [-0.1, -0.05) is 19.1 Å². The molecule has 1 aliphatic rings. The Morgan fingerprint density at radius 2 is 2.47 bits per heavy atom. The van der Waals surface area contributed by atoms with Crippen LogP contribution >= 0.6 is 24.0 Å². The van der Waals surface area contributed by atoms with Crippen LogP contribution in [0.3, 0.4) is 0 Å². The monoisotopic (exact) mass is 246 g/mol. The molecule has 0 aliphatic carbocycles. The SMILES string of the molecule is CCC(C(=O)NCC1CCSC1)C(N)=S. The summed E-state index contributed by atoms with van der Waals surface area (Å²) in [6, 6.07) is 0. The van der Waals surface area contributed by atoms with E-state index >= 15 is 0 Å². The van der Waals surface area contributed by atoms with Crippen LogP contribution in [0.25, 0.3) is 0 Å². The summed E-state index contributed by atoms with van der Waals surface area (Å²) in [4.78, 5) is 12.0. The number of rotatable bonds is 5. The number of hydrogen-bond acceptors (Lipinski definition) is 3. The van der Waals surface area contributed by atoms with Crippen LogP contribution in [0.4, 0.5) is 0 Å². The number of nitrogens with one attached hydrogen (secondary N) is 1. The van der Waals surface area contributed by atoms with Crippen molar-refractivity contribution in [2.24, 2.45) is 17.6 Å². The summed E-state index contributed by atoms with van der Waals surface area (Å²) in [6.07, 6.45) is 1.88. The second kappa shape index (κ2) is 6.33. The Kier molecular flexibility index (Phi) is 5.39. The maximum atomic E-state index is 11.7. The van der Waals surface area contributed by atoms with Gasteiger partial charge < -0.3 is 11.1 Å². The normalized spacial score (nSPS) is 22.3. The molecule has 1 aliphatic heterocycles. The molecule has 0 spiro atoms. The van der Waals surface area contributed by atoms with E-state index in [1.165, 1.54) is 12.2 Å². The summed E-state index contributed by atoms with van der Waals surface area (Å²) in [5.74, 6) is 2.69. The Morgan fingerprint density at radius 1 is 1.73 bits per heavy atom. The first-order valence-electron chi connectivity index (χ1n) is 5.30. The molecule has 1 heterocycles. The van der Waals surface area contributed by atoms with Crippen molar-refractivity contribution in [1.82, 2.24) is 5.32 Å².